The lowest BCUT2D eigenvalue weighted by Gasteiger charge is -2.51. The molecule has 18 rings (SSSR count). The largest absolute Gasteiger partial charge is 0.384 e. The highest BCUT2D eigenvalue weighted by atomic mass is 35.5. The summed E-state index contributed by atoms with van der Waals surface area (Å²) in [6.07, 6.45) is 18.9. The maximum atomic E-state index is 12.2. The Morgan fingerprint density at radius 2 is 0.982 bits per heavy atom. The number of fused-ring (bicyclic) bond motifs is 10. The van der Waals surface area contributed by atoms with Crippen LogP contribution in [-0.2, 0) is 49.8 Å². The molecule has 109 heavy (non-hydrogen) atoms. The Balaban J connectivity index is 0.000000120. The van der Waals surface area contributed by atoms with E-state index in [1.165, 1.54) is 23.9 Å². The van der Waals surface area contributed by atoms with Crippen LogP contribution in [0, 0.1) is 0 Å². The van der Waals surface area contributed by atoms with Gasteiger partial charge in [0.25, 0.3) is 10.2 Å². The Morgan fingerprint density at radius 1 is 0.532 bits per heavy atom. The fourth-order valence-corrected chi connectivity index (χ4v) is 22.2. The molecule has 39 heteroatoms. The van der Waals surface area contributed by atoms with E-state index in [4.69, 9.17) is 67.9 Å². The second-order valence-electron chi connectivity index (χ2n) is 29.4. The number of piperazine rings is 3. The second-order valence-corrected chi connectivity index (χ2v) is 38.9. The molecule has 5 atom stereocenters. The van der Waals surface area contributed by atoms with Gasteiger partial charge in [-0.1, -0.05) is 58.0 Å². The maximum Gasteiger partial charge on any atom is 0.277 e. The third-order valence-corrected chi connectivity index (χ3v) is 27.7. The van der Waals surface area contributed by atoms with Crippen molar-refractivity contribution in [3.63, 3.8) is 0 Å². The highest BCUT2D eigenvalue weighted by Gasteiger charge is 2.45. The molecule has 0 radical (unpaired) electrons. The Bertz CT molecular complexity index is 5430. The van der Waals surface area contributed by atoms with Gasteiger partial charge in [-0.05, 0) is 137 Å². The number of nitrogens with zero attached hydrogens (tertiary/aromatic N) is 13. The molecule has 8 saturated heterocycles. The van der Waals surface area contributed by atoms with Crippen molar-refractivity contribution in [3.05, 3.63) is 122 Å². The third-order valence-electron chi connectivity index (χ3n) is 21.4. The highest BCUT2D eigenvalue weighted by Crippen LogP contribution is 2.42. The lowest BCUT2D eigenvalue weighted by molar-refractivity contribution is -0.132. The van der Waals surface area contributed by atoms with Gasteiger partial charge in [-0.25, -0.2) is 39.4 Å². The molecule has 10 aromatic rings. The van der Waals surface area contributed by atoms with Crippen molar-refractivity contribution in [3.8, 4) is 0 Å². The fraction of sp³-hybridized carbons (Fsp3) is 0.486. The summed E-state index contributed by atoms with van der Waals surface area (Å²) in [5.41, 5.74) is 9.16. The Morgan fingerprint density at radius 3 is 1.44 bits per heavy atom. The van der Waals surface area contributed by atoms with Crippen LogP contribution in [0.1, 0.15) is 83.6 Å². The van der Waals surface area contributed by atoms with E-state index >= 15 is 0 Å². The molecule has 4 bridgehead atoms. The van der Waals surface area contributed by atoms with E-state index in [0.717, 1.165) is 154 Å². The smallest absolute Gasteiger partial charge is 0.277 e. The summed E-state index contributed by atoms with van der Waals surface area (Å²) in [7, 11) is -11.8. The SMILES string of the molecule is CC(=O)N1C2CCC1CN(c1cc(Cl)cc3[nH]ncc13)C2.CC1(C)CN(c2cc(Cl)cc3[nH]ncc23)CCN1S(N)(=O)=O.COCCS(=O)(=O)N1CCC(c2cc(Cl)cc3[nH]ncc23)CC1.CS(=O)(=O)N1CC2CCC1CN2c1cc(Cl)cc2[nH]ncc12.CS(=O)(=O)NC1CCCN(c2cc(Cl)cc3[nH]ncc23)C1. The van der Waals surface area contributed by atoms with Gasteiger partial charge in [-0.2, -0.15) is 42.5 Å². The fourth-order valence-electron chi connectivity index (χ4n) is 16.7. The molecule has 8 aliphatic heterocycles. The number of hydrogen-bond donors (Lipinski definition) is 7. The van der Waals surface area contributed by atoms with Crippen LogP contribution in [0.2, 0.25) is 25.1 Å². The predicted octanol–water partition coefficient (Wildman–Crippen LogP) is 9.67. The number of rotatable bonds is 13. The van der Waals surface area contributed by atoms with Crippen LogP contribution in [0.5, 0.6) is 0 Å². The van der Waals surface area contributed by atoms with E-state index in [2.05, 4.69) is 80.2 Å². The van der Waals surface area contributed by atoms with Gasteiger partial charge in [0, 0.05) is 197 Å². The first kappa shape index (κ1) is 80.2. The van der Waals surface area contributed by atoms with Gasteiger partial charge in [-0.3, -0.25) is 30.3 Å². The minimum atomic E-state index is -3.72. The zero-order valence-corrected chi connectivity index (χ0v) is 68.0. The van der Waals surface area contributed by atoms with Crippen LogP contribution in [0.25, 0.3) is 54.5 Å². The molecule has 5 aromatic heterocycles. The number of halogens is 5. The Hall–Kier alpha value is -6.87. The Kier molecular flexibility index (Phi) is 24.0. The molecule has 0 aliphatic carbocycles. The molecule has 5 unspecified atom stereocenters. The molecular weight excluding hydrogens is 1590 g/mol. The van der Waals surface area contributed by atoms with Crippen LogP contribution in [0.3, 0.4) is 0 Å². The number of piperidine rings is 4. The highest BCUT2D eigenvalue weighted by molar-refractivity contribution is 7.89. The zero-order chi connectivity index (χ0) is 77.6. The first-order valence-corrected chi connectivity index (χ1v) is 44.6. The summed E-state index contributed by atoms with van der Waals surface area (Å²) in [5, 5.41) is 48.9. The summed E-state index contributed by atoms with van der Waals surface area (Å²) < 4.78 is 107. The van der Waals surface area contributed by atoms with Gasteiger partial charge in [0.2, 0.25) is 36.0 Å². The van der Waals surface area contributed by atoms with E-state index in [1.54, 1.807) is 34.1 Å². The number of nitrogens with two attached hydrogens (primary N) is 1. The monoisotopic (exact) mass is 1670 g/mol. The summed E-state index contributed by atoms with van der Waals surface area (Å²) >= 11 is 31.0. The number of hydrogen-bond acceptors (Lipinski definition) is 19. The number of benzene rings is 5. The normalized spacial score (nSPS) is 21.7. The van der Waals surface area contributed by atoms with E-state index in [0.29, 0.717) is 95.5 Å². The predicted molar refractivity (Wildman–Crippen MR) is 431 cm³/mol. The van der Waals surface area contributed by atoms with Crippen molar-refractivity contribution in [1.29, 1.82) is 0 Å². The topological polar surface area (TPSA) is 370 Å². The molecule has 5 aromatic carbocycles. The first-order chi connectivity index (χ1) is 51.7. The number of anilines is 4. The number of ether oxygens (including phenoxy) is 1. The minimum Gasteiger partial charge on any atom is -0.384 e. The van der Waals surface area contributed by atoms with Gasteiger partial charge < -0.3 is 29.2 Å². The van der Waals surface area contributed by atoms with E-state index in [9.17, 15) is 38.5 Å². The molecule has 1 amide bonds. The number of aromatic nitrogens is 10. The number of H-pyrrole nitrogens is 5. The third kappa shape index (κ3) is 18.3. The molecule has 13 heterocycles. The van der Waals surface area contributed by atoms with Crippen LogP contribution >= 0.6 is 58.0 Å². The summed E-state index contributed by atoms with van der Waals surface area (Å²) in [4.78, 5) is 22.8. The number of carbonyl (C=O) groups excluding carboxylic acids is 1. The van der Waals surface area contributed by atoms with Crippen LogP contribution in [-0.4, -0.2) is 248 Å². The summed E-state index contributed by atoms with van der Waals surface area (Å²) in [6, 6.07) is 19.8. The van der Waals surface area contributed by atoms with Gasteiger partial charge in [0.05, 0.1) is 83.4 Å². The van der Waals surface area contributed by atoms with Crippen LogP contribution in [0.15, 0.2) is 91.6 Å². The van der Waals surface area contributed by atoms with E-state index in [1.807, 2.05) is 86.9 Å². The number of carbonyl (C=O) groups is 1. The number of sulfonamides is 3. The van der Waals surface area contributed by atoms with Crippen LogP contribution < -0.4 is 29.5 Å². The van der Waals surface area contributed by atoms with Gasteiger partial charge in [-0.15, -0.1) is 0 Å². The average molecular weight is 1680 g/mol. The maximum absolute atomic E-state index is 12.2. The molecule has 0 spiro atoms. The van der Waals surface area contributed by atoms with Crippen LogP contribution in [0.4, 0.5) is 22.7 Å². The van der Waals surface area contributed by atoms with Gasteiger partial charge >= 0.3 is 0 Å². The number of nitrogens with one attached hydrogen (secondary N) is 6. The van der Waals surface area contributed by atoms with E-state index in [-0.39, 0.29) is 36.4 Å². The summed E-state index contributed by atoms with van der Waals surface area (Å²) in [5.74, 6) is 0.529. The van der Waals surface area contributed by atoms with Crippen molar-refractivity contribution in [2.24, 2.45) is 5.14 Å². The van der Waals surface area contributed by atoms with Crippen molar-refractivity contribution in [1.82, 2.24) is 73.5 Å². The van der Waals surface area contributed by atoms with E-state index < -0.39 is 45.8 Å². The molecule has 588 valence electrons. The van der Waals surface area contributed by atoms with Crippen molar-refractivity contribution >= 4 is 181 Å². The molecule has 8 aliphatic rings. The zero-order valence-electron chi connectivity index (χ0n) is 61.0. The summed E-state index contributed by atoms with van der Waals surface area (Å²) in [6.45, 7) is 12.6. The molecule has 0 saturated carbocycles. The van der Waals surface area contributed by atoms with Crippen molar-refractivity contribution < 1.29 is 43.2 Å². The Labute approximate surface area is 658 Å². The molecule has 8 fully saturated rings. The van der Waals surface area contributed by atoms with Gasteiger partial charge in [0.1, 0.15) is 0 Å². The van der Waals surface area contributed by atoms with Crippen molar-refractivity contribution in [2.45, 2.75) is 114 Å². The minimum absolute atomic E-state index is 0.0390. The number of methoxy groups -OCH3 is 1. The second kappa shape index (κ2) is 32.7. The molecule has 8 N–H and O–H groups in total. The standard InChI is InChI=1S/C15H17ClN4O.C15H20ClN3O3S.C14H17ClN4O2S.C13H18ClN5O2S.C13H17ClN4O2S/c1-9(21)20-11-2-3-12(20)8-19(7-11)15-5-10(16)4-14-13(15)6-17-18-14;1-22-6-7-23(20,21)19-4-2-11(3-5-19)13-8-12(16)9-15-14(13)10-17-18-15;1-22(20,21)19-8-10-2-3-11(19)7-18(10)14-5-9(15)4-13-12(14)6-16-17-13;1-13(2)8-18(3-4-19(13)22(15,20)21)12-6-9(14)5-11-10(12)7-16-17-11;1-21(19,20)17-10-3-2-4-18(8-10)13-6-9(14)5-12-11(13)7-15-16-12/h4-6,11-12H,2-3,7-8H2,1H3,(H,17,18);8-11H,2-7H2,1H3,(H,17,18);4-6,10-11H,2-3,7-8H2,1H3,(H,16,17);5-7H,3-4,8H2,1-2H3,(H,16,17)(H2,15,20,21);5-7,10,17H,2-4,8H2,1H3,(H,15,16). The van der Waals surface area contributed by atoms with Gasteiger partial charge in [0.15, 0.2) is 0 Å². The first-order valence-electron chi connectivity index (χ1n) is 35.8. The number of aromatic amines is 5. The lowest BCUT2D eigenvalue weighted by atomic mass is 9.88. The van der Waals surface area contributed by atoms with Crippen molar-refractivity contribution in [2.75, 3.05) is 124 Å². The molecular formula is C70H89Cl5N20O10S4. The number of amides is 1. The molecule has 30 nitrogen and oxygen atoms in total. The quantitative estimate of drug-likeness (QED) is 0.0564. The average Bonchev–Trinajstić information content (AvgIpc) is 1.75. The lowest BCUT2D eigenvalue weighted by Crippen LogP contribution is -2.63.